The normalized spacial score (nSPS) is 10.8. The van der Waals surface area contributed by atoms with Crippen LogP contribution < -0.4 is 0 Å². The maximum absolute atomic E-state index is 5.43. The minimum atomic E-state index is 0.190. The lowest BCUT2D eigenvalue weighted by molar-refractivity contribution is 0.362. The number of halogens is 1. The van der Waals surface area contributed by atoms with Crippen molar-refractivity contribution in [2.45, 2.75) is 20.3 Å². The van der Waals surface area contributed by atoms with Gasteiger partial charge in [-0.2, -0.15) is 4.98 Å². The fraction of sp³-hybridized carbons (Fsp3) is 0.667. The van der Waals surface area contributed by atoms with E-state index in [1.165, 1.54) is 0 Å². The fourth-order valence-electron chi connectivity index (χ4n) is 0.666. The molecule has 0 saturated heterocycles. The lowest BCUT2D eigenvalue weighted by Gasteiger charge is -1.95. The molecule has 1 heterocycles. The first kappa shape index (κ1) is 7.54. The van der Waals surface area contributed by atoms with Crippen molar-refractivity contribution < 1.29 is 4.52 Å². The van der Waals surface area contributed by atoms with Gasteiger partial charge in [0.15, 0.2) is 0 Å². The molecule has 0 fully saturated rings. The molecular weight excluding hydrogens is 152 g/mol. The minimum absolute atomic E-state index is 0.190. The Morgan fingerprint density at radius 2 is 2.30 bits per heavy atom. The molecule has 0 N–H and O–H groups in total. The van der Waals surface area contributed by atoms with Crippen molar-refractivity contribution in [2.75, 3.05) is 0 Å². The molecule has 1 aromatic rings. The predicted molar refractivity (Wildman–Crippen MR) is 37.9 cm³/mol. The van der Waals surface area contributed by atoms with Gasteiger partial charge in [0.25, 0.3) is 5.28 Å². The first-order valence-electron chi connectivity index (χ1n) is 3.16. The van der Waals surface area contributed by atoms with Crippen molar-refractivity contribution in [1.29, 1.82) is 0 Å². The molecule has 4 heteroatoms. The van der Waals surface area contributed by atoms with Gasteiger partial charge in [0, 0.05) is 6.42 Å². The van der Waals surface area contributed by atoms with Gasteiger partial charge in [0.05, 0.1) is 0 Å². The summed E-state index contributed by atoms with van der Waals surface area (Å²) < 4.78 is 4.78. The quantitative estimate of drug-likeness (QED) is 0.664. The average molecular weight is 161 g/mol. The molecule has 10 heavy (non-hydrogen) atoms. The van der Waals surface area contributed by atoms with Crippen LogP contribution in [0.4, 0.5) is 0 Å². The highest BCUT2D eigenvalue weighted by atomic mass is 35.5. The van der Waals surface area contributed by atoms with Crippen molar-refractivity contribution in [3.63, 3.8) is 0 Å². The molecule has 0 aliphatic carbocycles. The van der Waals surface area contributed by atoms with Gasteiger partial charge in [-0.15, -0.1) is 0 Å². The molecule has 0 amide bonds. The molecule has 0 atom stereocenters. The Morgan fingerprint density at radius 3 is 2.70 bits per heavy atom. The first-order chi connectivity index (χ1) is 4.68. The first-order valence-corrected chi connectivity index (χ1v) is 3.54. The second-order valence-corrected chi connectivity index (χ2v) is 2.89. The topological polar surface area (TPSA) is 38.9 Å². The highest BCUT2D eigenvalue weighted by Gasteiger charge is 2.04. The van der Waals surface area contributed by atoms with Crippen LogP contribution in [0.25, 0.3) is 0 Å². The van der Waals surface area contributed by atoms with E-state index in [0.717, 1.165) is 6.42 Å². The van der Waals surface area contributed by atoms with Gasteiger partial charge in [-0.05, 0) is 22.7 Å². The summed E-state index contributed by atoms with van der Waals surface area (Å²) in [5.41, 5.74) is 0. The lowest BCUT2D eigenvalue weighted by Crippen LogP contribution is -1.93. The molecular formula is C6H9ClN2O. The number of rotatable bonds is 2. The molecule has 1 aromatic heterocycles. The molecule has 3 nitrogen and oxygen atoms in total. The van der Waals surface area contributed by atoms with E-state index in [0.29, 0.717) is 11.8 Å². The molecule has 1 rings (SSSR count). The van der Waals surface area contributed by atoms with Crippen LogP contribution in [-0.4, -0.2) is 10.1 Å². The van der Waals surface area contributed by atoms with E-state index in [2.05, 4.69) is 24.0 Å². The van der Waals surface area contributed by atoms with Gasteiger partial charge in [-0.3, -0.25) is 0 Å². The van der Waals surface area contributed by atoms with Crippen molar-refractivity contribution in [2.24, 2.45) is 5.92 Å². The smallest absolute Gasteiger partial charge is 0.263 e. The van der Waals surface area contributed by atoms with Gasteiger partial charge in [0.1, 0.15) is 0 Å². The Labute approximate surface area is 64.4 Å². The molecule has 0 aromatic carbocycles. The van der Waals surface area contributed by atoms with Crippen LogP contribution in [0.2, 0.25) is 5.28 Å². The van der Waals surface area contributed by atoms with Gasteiger partial charge in [-0.25, -0.2) is 0 Å². The monoisotopic (exact) mass is 160 g/mol. The van der Waals surface area contributed by atoms with Crippen LogP contribution in [0, 0.1) is 5.92 Å². The minimum Gasteiger partial charge on any atom is -0.338 e. The highest BCUT2D eigenvalue weighted by molar-refractivity contribution is 6.28. The highest BCUT2D eigenvalue weighted by Crippen LogP contribution is 2.07. The molecule has 0 radical (unpaired) electrons. The Bertz CT molecular complexity index is 209. The summed E-state index contributed by atoms with van der Waals surface area (Å²) in [6, 6.07) is 0. The van der Waals surface area contributed by atoms with E-state index in [4.69, 9.17) is 16.1 Å². The summed E-state index contributed by atoms with van der Waals surface area (Å²) in [7, 11) is 0. The van der Waals surface area contributed by atoms with Crippen molar-refractivity contribution in [1.82, 2.24) is 10.1 Å². The van der Waals surface area contributed by atoms with Crippen LogP contribution >= 0.6 is 11.6 Å². The third-order valence-corrected chi connectivity index (χ3v) is 1.18. The summed E-state index contributed by atoms with van der Waals surface area (Å²) in [5.74, 6) is 1.14. The maximum Gasteiger partial charge on any atom is 0.263 e. The zero-order valence-electron chi connectivity index (χ0n) is 5.97. The number of nitrogens with zero attached hydrogens (tertiary/aromatic N) is 2. The Kier molecular flexibility index (Phi) is 2.27. The van der Waals surface area contributed by atoms with Crippen molar-refractivity contribution in [3.05, 3.63) is 11.2 Å². The summed E-state index contributed by atoms with van der Waals surface area (Å²) in [5, 5.41) is 3.64. The Balaban J connectivity index is 2.58. The molecule has 0 saturated carbocycles. The van der Waals surface area contributed by atoms with E-state index in [-0.39, 0.29) is 5.28 Å². The van der Waals surface area contributed by atoms with E-state index in [9.17, 15) is 0 Å². The average Bonchev–Trinajstić information content (AvgIpc) is 2.13. The van der Waals surface area contributed by atoms with Crippen molar-refractivity contribution in [3.8, 4) is 0 Å². The standard InChI is InChI=1S/C6H9ClN2O/c1-4(2)3-5-8-6(7)9-10-5/h4H,3H2,1-2H3. The summed E-state index contributed by atoms with van der Waals surface area (Å²) in [4.78, 5) is 3.84. The van der Waals surface area contributed by atoms with Crippen LogP contribution in [0.5, 0.6) is 0 Å². The summed E-state index contributed by atoms with van der Waals surface area (Å²) in [6.45, 7) is 4.16. The van der Waals surface area contributed by atoms with Crippen molar-refractivity contribution >= 4 is 11.6 Å². The maximum atomic E-state index is 5.43. The Morgan fingerprint density at radius 1 is 1.60 bits per heavy atom. The van der Waals surface area contributed by atoms with Crippen LogP contribution in [-0.2, 0) is 6.42 Å². The van der Waals surface area contributed by atoms with E-state index in [1.54, 1.807) is 0 Å². The van der Waals surface area contributed by atoms with Crippen LogP contribution in [0.15, 0.2) is 4.52 Å². The zero-order chi connectivity index (χ0) is 7.56. The summed E-state index contributed by atoms with van der Waals surface area (Å²) >= 11 is 5.43. The third kappa shape index (κ3) is 1.99. The molecule has 56 valence electrons. The van der Waals surface area contributed by atoms with Gasteiger partial charge in [-0.1, -0.05) is 13.8 Å². The van der Waals surface area contributed by atoms with Gasteiger partial charge < -0.3 is 4.52 Å². The molecule has 0 unspecified atom stereocenters. The number of aromatic nitrogens is 2. The SMILES string of the molecule is CC(C)Cc1nc(Cl)no1. The fourth-order valence-corrected chi connectivity index (χ4v) is 0.795. The van der Waals surface area contributed by atoms with Gasteiger partial charge >= 0.3 is 0 Å². The second-order valence-electron chi connectivity index (χ2n) is 2.56. The third-order valence-electron chi connectivity index (χ3n) is 1.03. The van der Waals surface area contributed by atoms with E-state index in [1.807, 2.05) is 0 Å². The van der Waals surface area contributed by atoms with Gasteiger partial charge in [0.2, 0.25) is 5.89 Å². The molecule has 0 aliphatic heterocycles. The molecule has 0 aliphatic rings. The number of hydrogen-bond acceptors (Lipinski definition) is 3. The number of hydrogen-bond donors (Lipinski definition) is 0. The van der Waals surface area contributed by atoms with Crippen LogP contribution in [0.1, 0.15) is 19.7 Å². The Hall–Kier alpha value is -0.570. The molecule has 0 bridgehead atoms. The summed E-state index contributed by atoms with van der Waals surface area (Å²) in [6.07, 6.45) is 0.791. The van der Waals surface area contributed by atoms with E-state index >= 15 is 0 Å². The second kappa shape index (κ2) is 3.01. The molecule has 0 spiro atoms. The largest absolute Gasteiger partial charge is 0.338 e. The predicted octanol–water partition coefficient (Wildman–Crippen LogP) is 1.92. The lowest BCUT2D eigenvalue weighted by atomic mass is 10.1. The zero-order valence-corrected chi connectivity index (χ0v) is 6.72. The van der Waals surface area contributed by atoms with Crippen LogP contribution in [0.3, 0.4) is 0 Å². The van der Waals surface area contributed by atoms with E-state index < -0.39 is 0 Å².